The largest absolute Gasteiger partial charge is 0.394 e. The van der Waals surface area contributed by atoms with E-state index in [0.717, 1.165) is 23.0 Å². The quantitative estimate of drug-likeness (QED) is 0.850. The molecule has 0 fully saturated rings. The van der Waals surface area contributed by atoms with Crippen molar-refractivity contribution >= 4 is 21.6 Å². The van der Waals surface area contributed by atoms with Crippen LogP contribution in [0.3, 0.4) is 0 Å². The normalized spacial score (nSPS) is 12.5. The van der Waals surface area contributed by atoms with Gasteiger partial charge >= 0.3 is 0 Å². The molecule has 0 amide bonds. The Morgan fingerprint density at radius 1 is 1.50 bits per heavy atom. The van der Waals surface area contributed by atoms with Crippen LogP contribution in [0.15, 0.2) is 28.7 Å². The molecule has 0 aliphatic rings. The SMILES string of the molecule is CCCC(CO)Nc1cccc(Br)c1. The van der Waals surface area contributed by atoms with Crippen LogP contribution in [-0.2, 0) is 0 Å². The van der Waals surface area contributed by atoms with Gasteiger partial charge in [0.2, 0.25) is 0 Å². The first-order valence-electron chi connectivity index (χ1n) is 4.89. The van der Waals surface area contributed by atoms with Crippen LogP contribution in [0.1, 0.15) is 19.8 Å². The predicted molar refractivity (Wildman–Crippen MR) is 63.5 cm³/mol. The summed E-state index contributed by atoms with van der Waals surface area (Å²) in [6.07, 6.45) is 2.06. The van der Waals surface area contributed by atoms with Crippen molar-refractivity contribution in [1.82, 2.24) is 0 Å². The van der Waals surface area contributed by atoms with Crippen molar-refractivity contribution in [2.45, 2.75) is 25.8 Å². The lowest BCUT2D eigenvalue weighted by atomic mass is 10.1. The maximum Gasteiger partial charge on any atom is 0.0632 e. The average molecular weight is 258 g/mol. The first-order chi connectivity index (χ1) is 6.76. The minimum absolute atomic E-state index is 0.161. The van der Waals surface area contributed by atoms with Crippen molar-refractivity contribution in [2.24, 2.45) is 0 Å². The zero-order valence-corrected chi connectivity index (χ0v) is 9.92. The van der Waals surface area contributed by atoms with Gasteiger partial charge in [-0.25, -0.2) is 0 Å². The van der Waals surface area contributed by atoms with Crippen molar-refractivity contribution in [3.05, 3.63) is 28.7 Å². The Morgan fingerprint density at radius 2 is 2.29 bits per heavy atom. The van der Waals surface area contributed by atoms with E-state index in [1.807, 2.05) is 24.3 Å². The summed E-state index contributed by atoms with van der Waals surface area (Å²) < 4.78 is 1.05. The third-order valence-corrected chi connectivity index (χ3v) is 2.55. The standard InChI is InChI=1S/C11H16BrNO/c1-2-4-11(8-14)13-10-6-3-5-9(12)7-10/h3,5-7,11,13-14H,2,4,8H2,1H3. The Bertz CT molecular complexity index is 278. The first-order valence-corrected chi connectivity index (χ1v) is 5.68. The number of aliphatic hydroxyl groups is 1. The highest BCUT2D eigenvalue weighted by atomic mass is 79.9. The lowest BCUT2D eigenvalue weighted by Gasteiger charge is -2.16. The number of anilines is 1. The van der Waals surface area contributed by atoms with E-state index >= 15 is 0 Å². The van der Waals surface area contributed by atoms with Crippen LogP contribution < -0.4 is 5.32 Å². The molecule has 78 valence electrons. The molecule has 0 saturated carbocycles. The van der Waals surface area contributed by atoms with Gasteiger partial charge in [-0.15, -0.1) is 0 Å². The topological polar surface area (TPSA) is 32.3 Å². The Kier molecular flexibility index (Phi) is 4.98. The third kappa shape index (κ3) is 3.68. The fourth-order valence-electron chi connectivity index (χ4n) is 1.37. The second kappa shape index (κ2) is 6.04. The molecule has 1 atom stereocenters. The van der Waals surface area contributed by atoms with Crippen molar-refractivity contribution in [3.8, 4) is 0 Å². The van der Waals surface area contributed by atoms with E-state index in [-0.39, 0.29) is 12.6 Å². The van der Waals surface area contributed by atoms with Crippen LogP contribution in [0.5, 0.6) is 0 Å². The molecule has 0 aliphatic carbocycles. The van der Waals surface area contributed by atoms with E-state index in [1.165, 1.54) is 0 Å². The molecule has 0 bridgehead atoms. The number of hydrogen-bond donors (Lipinski definition) is 2. The minimum Gasteiger partial charge on any atom is -0.394 e. The van der Waals surface area contributed by atoms with Crippen LogP contribution in [0.25, 0.3) is 0 Å². The number of rotatable bonds is 5. The molecule has 0 spiro atoms. The Hall–Kier alpha value is -0.540. The molecule has 0 radical (unpaired) electrons. The summed E-state index contributed by atoms with van der Waals surface area (Å²) >= 11 is 3.41. The molecule has 0 aliphatic heterocycles. The number of halogens is 1. The number of hydrogen-bond acceptors (Lipinski definition) is 2. The predicted octanol–water partition coefficient (Wildman–Crippen LogP) is 3.02. The molecule has 1 aromatic carbocycles. The average Bonchev–Trinajstić information content (AvgIpc) is 2.17. The highest BCUT2D eigenvalue weighted by molar-refractivity contribution is 9.10. The molecule has 0 aromatic heterocycles. The van der Waals surface area contributed by atoms with Crippen molar-refractivity contribution in [3.63, 3.8) is 0 Å². The van der Waals surface area contributed by atoms with Gasteiger partial charge in [0.05, 0.1) is 6.61 Å². The maximum atomic E-state index is 9.11. The first kappa shape index (κ1) is 11.5. The smallest absolute Gasteiger partial charge is 0.0632 e. The van der Waals surface area contributed by atoms with E-state index in [9.17, 15) is 0 Å². The van der Waals surface area contributed by atoms with Gasteiger partial charge in [0.15, 0.2) is 0 Å². The molecule has 14 heavy (non-hydrogen) atoms. The zero-order chi connectivity index (χ0) is 10.4. The van der Waals surface area contributed by atoms with E-state index in [4.69, 9.17) is 5.11 Å². The van der Waals surface area contributed by atoms with Gasteiger partial charge in [0, 0.05) is 16.2 Å². The fourth-order valence-corrected chi connectivity index (χ4v) is 1.77. The van der Waals surface area contributed by atoms with Crippen LogP contribution >= 0.6 is 15.9 Å². The molecule has 1 aromatic rings. The summed E-state index contributed by atoms with van der Waals surface area (Å²) in [5.41, 5.74) is 1.05. The highest BCUT2D eigenvalue weighted by Crippen LogP contribution is 2.17. The molecule has 1 unspecified atom stereocenters. The lowest BCUT2D eigenvalue weighted by Crippen LogP contribution is -2.23. The lowest BCUT2D eigenvalue weighted by molar-refractivity contribution is 0.268. The molecule has 0 saturated heterocycles. The molecular weight excluding hydrogens is 242 g/mol. The Labute approximate surface area is 93.5 Å². The Balaban J connectivity index is 2.57. The second-order valence-electron chi connectivity index (χ2n) is 3.32. The summed E-state index contributed by atoms with van der Waals surface area (Å²) in [5, 5.41) is 12.4. The van der Waals surface area contributed by atoms with Crippen molar-refractivity contribution in [2.75, 3.05) is 11.9 Å². The molecular formula is C11H16BrNO. The minimum atomic E-state index is 0.161. The van der Waals surface area contributed by atoms with Crippen LogP contribution in [-0.4, -0.2) is 17.8 Å². The van der Waals surface area contributed by atoms with E-state index < -0.39 is 0 Å². The zero-order valence-electron chi connectivity index (χ0n) is 8.33. The molecule has 2 nitrogen and oxygen atoms in total. The van der Waals surface area contributed by atoms with Gasteiger partial charge in [-0.2, -0.15) is 0 Å². The Morgan fingerprint density at radius 3 is 2.86 bits per heavy atom. The van der Waals surface area contributed by atoms with Crippen molar-refractivity contribution < 1.29 is 5.11 Å². The molecule has 1 rings (SSSR count). The van der Waals surface area contributed by atoms with Gasteiger partial charge in [0.25, 0.3) is 0 Å². The van der Waals surface area contributed by atoms with Crippen LogP contribution in [0.4, 0.5) is 5.69 Å². The summed E-state index contributed by atoms with van der Waals surface area (Å²) in [4.78, 5) is 0. The van der Waals surface area contributed by atoms with Gasteiger partial charge in [-0.3, -0.25) is 0 Å². The van der Waals surface area contributed by atoms with Gasteiger partial charge < -0.3 is 10.4 Å². The summed E-state index contributed by atoms with van der Waals surface area (Å²) in [7, 11) is 0. The van der Waals surface area contributed by atoms with Crippen molar-refractivity contribution in [1.29, 1.82) is 0 Å². The number of benzene rings is 1. The third-order valence-electron chi connectivity index (χ3n) is 2.05. The maximum absolute atomic E-state index is 9.11. The van der Waals surface area contributed by atoms with E-state index in [2.05, 4.69) is 28.2 Å². The van der Waals surface area contributed by atoms with Crippen LogP contribution in [0, 0.1) is 0 Å². The van der Waals surface area contributed by atoms with Crippen LogP contribution in [0.2, 0.25) is 0 Å². The van der Waals surface area contributed by atoms with Gasteiger partial charge in [-0.1, -0.05) is 35.3 Å². The second-order valence-corrected chi connectivity index (χ2v) is 4.24. The van der Waals surface area contributed by atoms with Gasteiger partial charge in [-0.05, 0) is 24.6 Å². The summed E-state index contributed by atoms with van der Waals surface area (Å²) in [5.74, 6) is 0. The number of nitrogens with one attached hydrogen (secondary N) is 1. The summed E-state index contributed by atoms with van der Waals surface area (Å²) in [6, 6.07) is 8.14. The molecule has 3 heteroatoms. The fraction of sp³-hybridized carbons (Fsp3) is 0.455. The van der Waals surface area contributed by atoms with E-state index in [1.54, 1.807) is 0 Å². The van der Waals surface area contributed by atoms with E-state index in [0.29, 0.717) is 0 Å². The number of aliphatic hydroxyl groups excluding tert-OH is 1. The van der Waals surface area contributed by atoms with Gasteiger partial charge in [0.1, 0.15) is 0 Å². The highest BCUT2D eigenvalue weighted by Gasteiger charge is 2.05. The molecule has 0 heterocycles. The monoisotopic (exact) mass is 257 g/mol. The molecule has 2 N–H and O–H groups in total. The summed E-state index contributed by atoms with van der Waals surface area (Å²) in [6.45, 7) is 2.30.